The number of hydrogen-bond acceptors (Lipinski definition) is 3. The van der Waals surface area contributed by atoms with Gasteiger partial charge in [0.15, 0.2) is 0 Å². The maximum absolute atomic E-state index is 12.7. The van der Waals surface area contributed by atoms with Gasteiger partial charge in [-0.1, -0.05) is 18.2 Å². The number of benzene rings is 1. The van der Waals surface area contributed by atoms with E-state index in [0.717, 1.165) is 24.3 Å². The Hall–Kier alpha value is -2.14. The minimum absolute atomic E-state index is 0.0739. The quantitative estimate of drug-likeness (QED) is 0.901. The van der Waals surface area contributed by atoms with Crippen LogP contribution in [0.25, 0.3) is 0 Å². The highest BCUT2D eigenvalue weighted by atomic mass is 16.2. The molecule has 2 aromatic rings. The van der Waals surface area contributed by atoms with Gasteiger partial charge < -0.3 is 10.2 Å². The SMILES string of the molecule is CC(C(=O)N1CCNCc2ccccc21)n1cccn1. The van der Waals surface area contributed by atoms with E-state index in [1.165, 1.54) is 0 Å². The van der Waals surface area contributed by atoms with Gasteiger partial charge in [0.05, 0.1) is 0 Å². The molecule has 0 saturated heterocycles. The molecule has 0 aliphatic carbocycles. The van der Waals surface area contributed by atoms with Crippen LogP contribution in [0.3, 0.4) is 0 Å². The number of carbonyl (C=O) groups excluding carboxylic acids is 1. The molecule has 5 nitrogen and oxygen atoms in total. The average molecular weight is 270 g/mol. The molecule has 1 aromatic carbocycles. The van der Waals surface area contributed by atoms with Crippen LogP contribution in [0.1, 0.15) is 18.5 Å². The number of nitrogens with one attached hydrogen (secondary N) is 1. The Labute approximate surface area is 118 Å². The largest absolute Gasteiger partial charge is 0.311 e. The standard InChI is InChI=1S/C15H18N4O/c1-12(19-9-4-7-17-19)15(20)18-10-8-16-11-13-5-2-3-6-14(13)18/h2-7,9,12,16H,8,10-11H2,1H3. The van der Waals surface area contributed by atoms with Crippen LogP contribution in [0.5, 0.6) is 0 Å². The molecule has 0 saturated carbocycles. The highest BCUT2D eigenvalue weighted by Gasteiger charge is 2.26. The lowest BCUT2D eigenvalue weighted by Crippen LogP contribution is -2.39. The van der Waals surface area contributed by atoms with E-state index in [1.807, 2.05) is 42.3 Å². The molecule has 1 N–H and O–H groups in total. The predicted octanol–water partition coefficient (Wildman–Crippen LogP) is 1.58. The topological polar surface area (TPSA) is 50.2 Å². The fourth-order valence-electron chi connectivity index (χ4n) is 2.54. The summed E-state index contributed by atoms with van der Waals surface area (Å²) in [4.78, 5) is 14.6. The van der Waals surface area contributed by atoms with E-state index < -0.39 is 0 Å². The second kappa shape index (κ2) is 5.46. The van der Waals surface area contributed by atoms with E-state index in [-0.39, 0.29) is 11.9 Å². The van der Waals surface area contributed by atoms with Crippen LogP contribution >= 0.6 is 0 Å². The number of rotatable bonds is 2. The number of aromatic nitrogens is 2. The summed E-state index contributed by atoms with van der Waals surface area (Å²) in [7, 11) is 0. The monoisotopic (exact) mass is 270 g/mol. The third kappa shape index (κ3) is 2.32. The van der Waals surface area contributed by atoms with Crippen molar-refractivity contribution >= 4 is 11.6 Å². The summed E-state index contributed by atoms with van der Waals surface area (Å²) in [6.07, 6.45) is 3.52. The van der Waals surface area contributed by atoms with Crippen molar-refractivity contribution in [2.24, 2.45) is 0 Å². The smallest absolute Gasteiger partial charge is 0.251 e. The molecule has 1 atom stereocenters. The van der Waals surface area contributed by atoms with Crippen LogP contribution < -0.4 is 10.2 Å². The van der Waals surface area contributed by atoms with E-state index >= 15 is 0 Å². The normalized spacial score (nSPS) is 16.4. The second-order valence-corrected chi connectivity index (χ2v) is 4.96. The Morgan fingerprint density at radius 3 is 3.00 bits per heavy atom. The molecule has 3 rings (SSSR count). The lowest BCUT2D eigenvalue weighted by atomic mass is 10.1. The fraction of sp³-hybridized carbons (Fsp3) is 0.333. The Bertz CT molecular complexity index is 594. The molecule has 1 aromatic heterocycles. The summed E-state index contributed by atoms with van der Waals surface area (Å²) < 4.78 is 1.70. The number of carbonyl (C=O) groups is 1. The molecule has 1 amide bonds. The Balaban J connectivity index is 1.91. The first-order chi connectivity index (χ1) is 9.77. The molecule has 5 heteroatoms. The van der Waals surface area contributed by atoms with E-state index in [4.69, 9.17) is 0 Å². The number of nitrogens with zero attached hydrogens (tertiary/aromatic N) is 3. The van der Waals surface area contributed by atoms with Crippen LogP contribution in [-0.2, 0) is 11.3 Å². The van der Waals surface area contributed by atoms with Crippen molar-refractivity contribution in [2.45, 2.75) is 19.5 Å². The van der Waals surface area contributed by atoms with Crippen molar-refractivity contribution in [2.75, 3.05) is 18.0 Å². The average Bonchev–Trinajstić information content (AvgIpc) is 2.93. The molecule has 0 spiro atoms. The van der Waals surface area contributed by atoms with Gasteiger partial charge >= 0.3 is 0 Å². The van der Waals surface area contributed by atoms with E-state index in [0.29, 0.717) is 6.54 Å². The van der Waals surface area contributed by atoms with Gasteiger partial charge in [-0.2, -0.15) is 5.10 Å². The third-order valence-corrected chi connectivity index (χ3v) is 3.66. The maximum atomic E-state index is 12.7. The minimum atomic E-state index is -0.295. The summed E-state index contributed by atoms with van der Waals surface area (Å²) >= 11 is 0. The van der Waals surface area contributed by atoms with Crippen molar-refractivity contribution in [3.05, 3.63) is 48.3 Å². The molecular weight excluding hydrogens is 252 g/mol. The minimum Gasteiger partial charge on any atom is -0.311 e. The summed E-state index contributed by atoms with van der Waals surface area (Å²) in [6, 6.07) is 9.59. The van der Waals surface area contributed by atoms with Gasteiger partial charge in [0.2, 0.25) is 0 Å². The van der Waals surface area contributed by atoms with Crippen molar-refractivity contribution in [1.29, 1.82) is 0 Å². The summed E-state index contributed by atoms with van der Waals surface area (Å²) in [5.41, 5.74) is 2.16. The Kier molecular flexibility index (Phi) is 3.52. The van der Waals surface area contributed by atoms with Gasteiger partial charge in [0, 0.05) is 37.7 Å². The molecule has 0 bridgehead atoms. The summed E-state index contributed by atoms with van der Waals surface area (Å²) in [5, 5.41) is 7.51. The Morgan fingerprint density at radius 1 is 1.35 bits per heavy atom. The van der Waals surface area contributed by atoms with Crippen LogP contribution in [0, 0.1) is 0 Å². The third-order valence-electron chi connectivity index (χ3n) is 3.66. The van der Waals surface area contributed by atoms with Crippen molar-refractivity contribution in [3.8, 4) is 0 Å². The fourth-order valence-corrected chi connectivity index (χ4v) is 2.54. The first kappa shape index (κ1) is 12.9. The van der Waals surface area contributed by atoms with E-state index in [2.05, 4.69) is 16.5 Å². The molecule has 1 aliphatic heterocycles. The lowest BCUT2D eigenvalue weighted by Gasteiger charge is -2.25. The van der Waals surface area contributed by atoms with Gasteiger partial charge in [-0.3, -0.25) is 9.48 Å². The molecule has 2 heterocycles. The van der Waals surface area contributed by atoms with Gasteiger partial charge in [-0.25, -0.2) is 0 Å². The molecular formula is C15H18N4O. The molecule has 104 valence electrons. The summed E-state index contributed by atoms with van der Waals surface area (Å²) in [5.74, 6) is 0.0739. The lowest BCUT2D eigenvalue weighted by molar-refractivity contribution is -0.121. The molecule has 20 heavy (non-hydrogen) atoms. The summed E-state index contributed by atoms with van der Waals surface area (Å²) in [6.45, 7) is 4.17. The first-order valence-corrected chi connectivity index (χ1v) is 6.86. The van der Waals surface area contributed by atoms with Gasteiger partial charge in [0.1, 0.15) is 6.04 Å². The van der Waals surface area contributed by atoms with Crippen LogP contribution in [-0.4, -0.2) is 28.8 Å². The van der Waals surface area contributed by atoms with Gasteiger partial charge in [-0.05, 0) is 24.6 Å². The maximum Gasteiger partial charge on any atom is 0.251 e. The Morgan fingerprint density at radius 2 is 2.20 bits per heavy atom. The zero-order chi connectivity index (χ0) is 13.9. The number of fused-ring (bicyclic) bond motifs is 1. The van der Waals surface area contributed by atoms with Gasteiger partial charge in [0.25, 0.3) is 5.91 Å². The van der Waals surface area contributed by atoms with Crippen LogP contribution in [0.15, 0.2) is 42.7 Å². The highest BCUT2D eigenvalue weighted by molar-refractivity contribution is 5.96. The highest BCUT2D eigenvalue weighted by Crippen LogP contribution is 2.24. The van der Waals surface area contributed by atoms with Crippen LogP contribution in [0.2, 0.25) is 0 Å². The second-order valence-electron chi connectivity index (χ2n) is 4.96. The molecule has 0 fully saturated rings. The van der Waals surface area contributed by atoms with Crippen molar-refractivity contribution < 1.29 is 4.79 Å². The molecule has 0 radical (unpaired) electrons. The first-order valence-electron chi connectivity index (χ1n) is 6.86. The molecule has 1 aliphatic rings. The zero-order valence-corrected chi connectivity index (χ0v) is 11.5. The number of hydrogen-bond donors (Lipinski definition) is 1. The number of anilines is 1. The zero-order valence-electron chi connectivity index (χ0n) is 11.5. The van der Waals surface area contributed by atoms with Crippen LogP contribution in [0.4, 0.5) is 5.69 Å². The van der Waals surface area contributed by atoms with Crippen molar-refractivity contribution in [3.63, 3.8) is 0 Å². The van der Waals surface area contributed by atoms with Crippen molar-refractivity contribution in [1.82, 2.24) is 15.1 Å². The number of amides is 1. The van der Waals surface area contributed by atoms with E-state index in [1.54, 1.807) is 10.9 Å². The van der Waals surface area contributed by atoms with Gasteiger partial charge in [-0.15, -0.1) is 0 Å². The molecule has 1 unspecified atom stereocenters. The number of para-hydroxylation sites is 1. The predicted molar refractivity (Wildman–Crippen MR) is 77.4 cm³/mol. The van der Waals surface area contributed by atoms with E-state index in [9.17, 15) is 4.79 Å².